The first kappa shape index (κ1) is 19.6. The van der Waals surface area contributed by atoms with Crippen molar-refractivity contribution in [3.8, 4) is 5.75 Å². The van der Waals surface area contributed by atoms with Crippen LogP contribution >= 0.6 is 0 Å². The van der Waals surface area contributed by atoms with E-state index in [9.17, 15) is 14.0 Å². The lowest BCUT2D eigenvalue weighted by atomic mass is 10.1. The normalized spacial score (nSPS) is 15.4. The third-order valence-electron chi connectivity index (χ3n) is 4.96. The summed E-state index contributed by atoms with van der Waals surface area (Å²) in [6.07, 6.45) is -0.634. The van der Waals surface area contributed by atoms with Crippen LogP contribution in [0.4, 0.5) is 15.8 Å². The minimum absolute atomic E-state index is 0.200. The van der Waals surface area contributed by atoms with Gasteiger partial charge in [-0.2, -0.15) is 0 Å². The van der Waals surface area contributed by atoms with E-state index in [-0.39, 0.29) is 24.2 Å². The summed E-state index contributed by atoms with van der Waals surface area (Å²) in [6, 6.07) is 18.5. The topological polar surface area (TPSA) is 58.6 Å². The Kier molecular flexibility index (Phi) is 5.23. The third-order valence-corrected chi connectivity index (χ3v) is 4.96. The summed E-state index contributed by atoms with van der Waals surface area (Å²) >= 11 is 0. The number of rotatable bonds is 4. The van der Waals surface area contributed by atoms with E-state index in [2.05, 4.69) is 5.32 Å². The van der Waals surface area contributed by atoms with Gasteiger partial charge in [0.1, 0.15) is 11.6 Å². The van der Waals surface area contributed by atoms with E-state index in [1.165, 1.54) is 12.1 Å². The summed E-state index contributed by atoms with van der Waals surface area (Å²) in [4.78, 5) is 27.0. The van der Waals surface area contributed by atoms with Crippen LogP contribution in [0, 0.1) is 12.7 Å². The van der Waals surface area contributed by atoms with Gasteiger partial charge in [0.15, 0.2) is 6.10 Å². The molecule has 3 aromatic carbocycles. The zero-order valence-corrected chi connectivity index (χ0v) is 16.7. The number of aryl methyl sites for hydroxylation is 1. The van der Waals surface area contributed by atoms with Gasteiger partial charge in [-0.1, -0.05) is 29.8 Å². The van der Waals surface area contributed by atoms with Gasteiger partial charge in [0.25, 0.3) is 11.8 Å². The highest BCUT2D eigenvalue weighted by molar-refractivity contribution is 6.05. The van der Waals surface area contributed by atoms with E-state index in [0.29, 0.717) is 22.7 Å². The molecular formula is C24H21FN2O3. The quantitative estimate of drug-likeness (QED) is 0.686. The number of hydrogen-bond donors (Lipinski definition) is 1. The summed E-state index contributed by atoms with van der Waals surface area (Å²) in [5.74, 6) is -0.214. The largest absolute Gasteiger partial charge is 0.479 e. The molecule has 1 heterocycles. The van der Waals surface area contributed by atoms with Gasteiger partial charge in [-0.15, -0.1) is 0 Å². The molecule has 30 heavy (non-hydrogen) atoms. The Morgan fingerprint density at radius 2 is 1.87 bits per heavy atom. The number of nitrogens with zero attached hydrogens (tertiary/aromatic N) is 1. The van der Waals surface area contributed by atoms with Crippen LogP contribution in [0.25, 0.3) is 0 Å². The van der Waals surface area contributed by atoms with Crippen molar-refractivity contribution in [3.05, 3.63) is 89.2 Å². The zero-order valence-electron chi connectivity index (χ0n) is 16.7. The smallest absolute Gasteiger partial charge is 0.268 e. The number of carbonyl (C=O) groups excluding carboxylic acids is 2. The second kappa shape index (κ2) is 7.99. The Morgan fingerprint density at radius 1 is 1.10 bits per heavy atom. The van der Waals surface area contributed by atoms with Gasteiger partial charge in [-0.05, 0) is 61.9 Å². The van der Waals surface area contributed by atoms with E-state index in [1.54, 1.807) is 48.2 Å². The van der Waals surface area contributed by atoms with E-state index in [1.807, 2.05) is 25.1 Å². The SMILES string of the molecule is Cc1cccc(C(=O)Nc2ccc3c(c2)N(Cc2ccc(F)cc2)C(=O)C(C)O3)c1. The highest BCUT2D eigenvalue weighted by Crippen LogP contribution is 2.37. The average molecular weight is 404 g/mol. The number of hydrogen-bond acceptors (Lipinski definition) is 3. The Morgan fingerprint density at radius 3 is 2.60 bits per heavy atom. The Balaban J connectivity index is 1.63. The van der Waals surface area contributed by atoms with Gasteiger partial charge in [-0.3, -0.25) is 9.59 Å². The summed E-state index contributed by atoms with van der Waals surface area (Å²) in [6.45, 7) is 3.89. The molecule has 0 radical (unpaired) electrons. The standard InChI is InChI=1S/C24H21FN2O3/c1-15-4-3-5-18(12-15)23(28)26-20-10-11-22-21(13-20)27(24(29)16(2)30-22)14-17-6-8-19(25)9-7-17/h3-13,16H,14H2,1-2H3,(H,26,28). The van der Waals surface area contributed by atoms with Crippen molar-refractivity contribution in [1.82, 2.24) is 0 Å². The van der Waals surface area contributed by atoms with E-state index >= 15 is 0 Å². The first-order chi connectivity index (χ1) is 14.4. The average Bonchev–Trinajstić information content (AvgIpc) is 2.73. The number of halogens is 1. The molecule has 0 saturated heterocycles. The Bertz CT molecular complexity index is 1110. The Hall–Kier alpha value is -3.67. The monoisotopic (exact) mass is 404 g/mol. The molecule has 1 N–H and O–H groups in total. The highest BCUT2D eigenvalue weighted by Gasteiger charge is 2.31. The molecule has 0 aromatic heterocycles. The summed E-state index contributed by atoms with van der Waals surface area (Å²) < 4.78 is 19.0. The molecule has 1 aliphatic heterocycles. The highest BCUT2D eigenvalue weighted by atomic mass is 19.1. The van der Waals surface area contributed by atoms with Crippen molar-refractivity contribution in [3.63, 3.8) is 0 Å². The molecule has 1 aliphatic rings. The molecule has 2 amide bonds. The maximum absolute atomic E-state index is 13.2. The van der Waals surface area contributed by atoms with E-state index in [4.69, 9.17) is 4.74 Å². The van der Waals surface area contributed by atoms with Crippen molar-refractivity contribution in [1.29, 1.82) is 0 Å². The molecule has 0 aliphatic carbocycles. The molecule has 4 rings (SSSR count). The van der Waals surface area contributed by atoms with Crippen molar-refractivity contribution >= 4 is 23.2 Å². The van der Waals surface area contributed by atoms with Gasteiger partial charge < -0.3 is 15.0 Å². The molecule has 0 saturated carbocycles. The minimum Gasteiger partial charge on any atom is -0.479 e. The van der Waals surface area contributed by atoms with Gasteiger partial charge in [-0.25, -0.2) is 4.39 Å². The van der Waals surface area contributed by atoms with Crippen LogP contribution in [0.5, 0.6) is 5.75 Å². The number of anilines is 2. The fraction of sp³-hybridized carbons (Fsp3) is 0.167. The van der Waals surface area contributed by atoms with Crippen LogP contribution in [-0.4, -0.2) is 17.9 Å². The van der Waals surface area contributed by atoms with Crippen LogP contribution in [0.2, 0.25) is 0 Å². The van der Waals surface area contributed by atoms with E-state index in [0.717, 1.165) is 11.1 Å². The summed E-state index contributed by atoms with van der Waals surface area (Å²) in [5.41, 5.74) is 3.45. The number of amides is 2. The zero-order chi connectivity index (χ0) is 21.3. The van der Waals surface area contributed by atoms with Crippen LogP contribution in [0.1, 0.15) is 28.4 Å². The van der Waals surface area contributed by atoms with Crippen LogP contribution in [0.15, 0.2) is 66.7 Å². The fourth-order valence-corrected chi connectivity index (χ4v) is 3.41. The fourth-order valence-electron chi connectivity index (χ4n) is 3.41. The molecule has 1 atom stereocenters. The van der Waals surface area contributed by atoms with Gasteiger partial charge in [0.05, 0.1) is 12.2 Å². The molecule has 3 aromatic rings. The molecule has 1 unspecified atom stereocenters. The molecule has 152 valence electrons. The number of benzene rings is 3. The van der Waals surface area contributed by atoms with E-state index < -0.39 is 6.10 Å². The van der Waals surface area contributed by atoms with Crippen molar-refractivity contribution < 1.29 is 18.7 Å². The lowest BCUT2D eigenvalue weighted by Crippen LogP contribution is -2.44. The molecule has 0 fully saturated rings. The number of carbonyl (C=O) groups is 2. The van der Waals surface area contributed by atoms with Gasteiger partial charge in [0.2, 0.25) is 0 Å². The second-order valence-corrected chi connectivity index (χ2v) is 7.32. The first-order valence-corrected chi connectivity index (χ1v) is 9.65. The maximum Gasteiger partial charge on any atom is 0.268 e. The molecule has 0 bridgehead atoms. The molecule has 0 spiro atoms. The first-order valence-electron chi connectivity index (χ1n) is 9.65. The summed E-state index contributed by atoms with van der Waals surface area (Å²) in [7, 11) is 0. The van der Waals surface area contributed by atoms with Gasteiger partial charge >= 0.3 is 0 Å². The molecular weight excluding hydrogens is 383 g/mol. The maximum atomic E-state index is 13.2. The predicted molar refractivity (Wildman–Crippen MR) is 113 cm³/mol. The van der Waals surface area contributed by atoms with Crippen molar-refractivity contribution in [2.75, 3.05) is 10.2 Å². The lowest BCUT2D eigenvalue weighted by Gasteiger charge is -2.33. The van der Waals surface area contributed by atoms with Crippen LogP contribution in [-0.2, 0) is 11.3 Å². The van der Waals surface area contributed by atoms with Crippen LogP contribution < -0.4 is 15.0 Å². The minimum atomic E-state index is -0.634. The van der Waals surface area contributed by atoms with Crippen molar-refractivity contribution in [2.24, 2.45) is 0 Å². The summed E-state index contributed by atoms with van der Waals surface area (Å²) in [5, 5.41) is 2.87. The molecule has 5 nitrogen and oxygen atoms in total. The molecule has 6 heteroatoms. The third kappa shape index (κ3) is 4.03. The van der Waals surface area contributed by atoms with Crippen LogP contribution in [0.3, 0.4) is 0 Å². The number of nitrogens with one attached hydrogen (secondary N) is 1. The predicted octanol–water partition coefficient (Wildman–Crippen LogP) is 4.70. The second-order valence-electron chi connectivity index (χ2n) is 7.32. The number of fused-ring (bicyclic) bond motifs is 1. The lowest BCUT2D eigenvalue weighted by molar-refractivity contribution is -0.125. The van der Waals surface area contributed by atoms with Gasteiger partial charge in [0, 0.05) is 11.3 Å². The number of ether oxygens (including phenoxy) is 1. The Labute approximate surface area is 174 Å². The van der Waals surface area contributed by atoms with Crippen molar-refractivity contribution in [2.45, 2.75) is 26.5 Å².